The van der Waals surface area contributed by atoms with Crippen LogP contribution in [0.3, 0.4) is 0 Å². The number of hydrogen-bond acceptors (Lipinski definition) is 4. The predicted molar refractivity (Wildman–Crippen MR) is 122 cm³/mol. The van der Waals surface area contributed by atoms with Crippen LogP contribution in [0.2, 0.25) is 0 Å². The van der Waals surface area contributed by atoms with Gasteiger partial charge in [0.1, 0.15) is 5.92 Å². The van der Waals surface area contributed by atoms with E-state index in [0.717, 1.165) is 27.6 Å². The van der Waals surface area contributed by atoms with E-state index < -0.39 is 21.8 Å². The smallest absolute Gasteiger partial charge is 0.260 e. The van der Waals surface area contributed by atoms with E-state index >= 15 is 0 Å². The zero-order valence-corrected chi connectivity index (χ0v) is 18.5. The molecular weight excluding hydrogens is 426 g/mol. The first kappa shape index (κ1) is 22.1. The molecule has 2 aromatic carbocycles. The van der Waals surface area contributed by atoms with E-state index in [2.05, 4.69) is 16.8 Å². The Morgan fingerprint density at radius 3 is 2.56 bits per heavy atom. The second-order valence-electron chi connectivity index (χ2n) is 7.81. The Bertz CT molecular complexity index is 1290. The zero-order chi connectivity index (χ0) is 22.7. The normalized spacial score (nSPS) is 17.6. The molecule has 3 N–H and O–H groups in total. The van der Waals surface area contributed by atoms with E-state index in [0.29, 0.717) is 13.0 Å². The first-order valence-corrected chi connectivity index (χ1v) is 12.1. The molecule has 3 aromatic rings. The largest absolute Gasteiger partial charge is 0.361 e. The van der Waals surface area contributed by atoms with Crippen molar-refractivity contribution < 1.29 is 18.4 Å². The summed E-state index contributed by atoms with van der Waals surface area (Å²) in [5, 5.41) is 9.93. The zero-order valence-electron chi connectivity index (χ0n) is 17.7. The van der Waals surface area contributed by atoms with Crippen molar-refractivity contribution in [3.8, 4) is 11.8 Å². The molecule has 0 bridgehead atoms. The van der Waals surface area contributed by atoms with Crippen LogP contribution >= 0.6 is 0 Å². The molecule has 0 spiro atoms. The van der Waals surface area contributed by atoms with E-state index in [1.165, 1.54) is 4.31 Å². The van der Waals surface area contributed by atoms with Gasteiger partial charge in [-0.05, 0) is 36.1 Å². The van der Waals surface area contributed by atoms with Gasteiger partial charge in [-0.2, -0.15) is 4.31 Å². The number of carbonyl (C=O) groups is 1. The van der Waals surface area contributed by atoms with Crippen LogP contribution in [0, 0.1) is 17.8 Å². The summed E-state index contributed by atoms with van der Waals surface area (Å²) >= 11 is 0. The fraction of sp³-hybridized carbons (Fsp3) is 0.292. The monoisotopic (exact) mass is 451 g/mol. The first-order chi connectivity index (χ1) is 15.4. The van der Waals surface area contributed by atoms with Gasteiger partial charge in [-0.25, -0.2) is 13.9 Å². The molecule has 0 fully saturated rings. The summed E-state index contributed by atoms with van der Waals surface area (Å²) in [5.41, 5.74) is 5.50. The average Bonchev–Trinajstić information content (AvgIpc) is 3.20. The minimum Gasteiger partial charge on any atom is -0.361 e. The number of amides is 1. The molecule has 7 nitrogen and oxygen atoms in total. The third-order valence-corrected chi connectivity index (χ3v) is 7.71. The van der Waals surface area contributed by atoms with Crippen molar-refractivity contribution in [3.05, 3.63) is 71.4 Å². The molecule has 0 saturated carbocycles. The highest BCUT2D eigenvalue weighted by Gasteiger charge is 2.32. The maximum atomic E-state index is 12.7. The van der Waals surface area contributed by atoms with E-state index in [9.17, 15) is 13.2 Å². The lowest BCUT2D eigenvalue weighted by molar-refractivity contribution is -0.132. The summed E-state index contributed by atoms with van der Waals surface area (Å²) in [4.78, 5) is 14.9. The molecule has 1 heterocycles. The number of benzene rings is 2. The maximum Gasteiger partial charge on any atom is 0.260 e. The number of carbonyl (C=O) groups excluding carboxylic acids is 1. The van der Waals surface area contributed by atoms with Gasteiger partial charge in [0.2, 0.25) is 10.0 Å². The highest BCUT2D eigenvalue weighted by atomic mass is 32.2. The van der Waals surface area contributed by atoms with Crippen LogP contribution < -0.4 is 5.48 Å². The number of nitrogens with one attached hydrogen (secondary N) is 2. The van der Waals surface area contributed by atoms with Gasteiger partial charge in [0.15, 0.2) is 0 Å². The summed E-state index contributed by atoms with van der Waals surface area (Å²) in [6, 6.07) is 15.4. The SMILES string of the molecule is CCS(=O)(=O)N(CCc1c[nH]c2ccccc12)Cc1ccc(C2C#CC2C(=O)NO)cc1. The summed E-state index contributed by atoms with van der Waals surface area (Å²) in [6.45, 7) is 2.31. The van der Waals surface area contributed by atoms with Gasteiger partial charge in [-0.1, -0.05) is 54.3 Å². The Hall–Kier alpha value is -3.12. The Kier molecular flexibility index (Phi) is 6.33. The fourth-order valence-electron chi connectivity index (χ4n) is 3.93. The van der Waals surface area contributed by atoms with Gasteiger partial charge in [-0.3, -0.25) is 10.0 Å². The molecular formula is C24H25N3O4S. The maximum absolute atomic E-state index is 12.7. The molecule has 2 atom stereocenters. The van der Waals surface area contributed by atoms with Crippen molar-refractivity contribution in [1.82, 2.24) is 14.8 Å². The van der Waals surface area contributed by atoms with E-state index in [1.54, 1.807) is 12.4 Å². The summed E-state index contributed by atoms with van der Waals surface area (Å²) in [6.07, 6.45) is 2.55. The Morgan fingerprint density at radius 1 is 1.16 bits per heavy atom. The van der Waals surface area contributed by atoms with Crippen molar-refractivity contribution in [2.45, 2.75) is 25.8 Å². The minimum absolute atomic E-state index is 0.0363. The van der Waals surface area contributed by atoms with Crippen LogP contribution in [0.1, 0.15) is 29.5 Å². The van der Waals surface area contributed by atoms with Gasteiger partial charge in [0.25, 0.3) is 5.91 Å². The molecule has 4 rings (SSSR count). The minimum atomic E-state index is -3.39. The molecule has 32 heavy (non-hydrogen) atoms. The lowest BCUT2D eigenvalue weighted by Crippen LogP contribution is -2.34. The third kappa shape index (κ3) is 4.41. The highest BCUT2D eigenvalue weighted by Crippen LogP contribution is 2.30. The molecule has 166 valence electrons. The molecule has 0 radical (unpaired) electrons. The standard InChI is InChI=1S/C24H25N3O4S/c1-2-32(30,31)27(14-13-19-15-25-23-6-4-3-5-21(19)23)16-17-7-9-18(10-8-17)20-11-12-22(20)24(28)26-29/h3-10,15,20,22,25,29H,2,13-14,16H2,1H3,(H,26,28). The average molecular weight is 452 g/mol. The number of nitrogens with zero attached hydrogens (tertiary/aromatic N) is 1. The molecule has 0 saturated heterocycles. The number of H-pyrrole nitrogens is 1. The second kappa shape index (κ2) is 9.17. The molecule has 0 aliphatic heterocycles. The molecule has 2 unspecified atom stereocenters. The van der Waals surface area contributed by atoms with Crippen molar-refractivity contribution in [2.24, 2.45) is 5.92 Å². The lowest BCUT2D eigenvalue weighted by atomic mass is 9.79. The number of aromatic nitrogens is 1. The van der Waals surface area contributed by atoms with Crippen molar-refractivity contribution in [1.29, 1.82) is 0 Å². The topological polar surface area (TPSA) is 103 Å². The van der Waals surface area contributed by atoms with Crippen LogP contribution in [-0.4, -0.2) is 41.1 Å². The Balaban J connectivity index is 1.47. The van der Waals surface area contributed by atoms with E-state index in [4.69, 9.17) is 5.21 Å². The van der Waals surface area contributed by atoms with E-state index in [-0.39, 0.29) is 18.2 Å². The van der Waals surface area contributed by atoms with Crippen LogP contribution in [0.25, 0.3) is 10.9 Å². The number of para-hydroxylation sites is 1. The quantitative estimate of drug-likeness (QED) is 0.264. The van der Waals surface area contributed by atoms with Crippen LogP contribution in [0.4, 0.5) is 0 Å². The fourth-order valence-corrected chi connectivity index (χ4v) is 5.01. The summed E-state index contributed by atoms with van der Waals surface area (Å²) in [7, 11) is -3.39. The van der Waals surface area contributed by atoms with Gasteiger partial charge >= 0.3 is 0 Å². The first-order valence-electron chi connectivity index (χ1n) is 10.5. The lowest BCUT2D eigenvalue weighted by Gasteiger charge is -2.24. The number of fused-ring (bicyclic) bond motifs is 1. The van der Waals surface area contributed by atoms with Crippen molar-refractivity contribution in [3.63, 3.8) is 0 Å². The van der Waals surface area contributed by atoms with E-state index in [1.807, 2.05) is 54.7 Å². The van der Waals surface area contributed by atoms with Crippen molar-refractivity contribution in [2.75, 3.05) is 12.3 Å². The summed E-state index contributed by atoms with van der Waals surface area (Å²) < 4.78 is 27.0. The van der Waals surface area contributed by atoms with Crippen molar-refractivity contribution >= 4 is 26.8 Å². The molecule has 8 heteroatoms. The Labute approximate surface area is 187 Å². The molecule has 1 amide bonds. The predicted octanol–water partition coefficient (Wildman–Crippen LogP) is 2.78. The van der Waals surface area contributed by atoms with Gasteiger partial charge in [-0.15, -0.1) is 0 Å². The number of hydrogen-bond donors (Lipinski definition) is 3. The number of hydroxylamine groups is 1. The molecule has 1 aliphatic rings. The highest BCUT2D eigenvalue weighted by molar-refractivity contribution is 7.89. The number of sulfonamides is 1. The van der Waals surface area contributed by atoms with Crippen LogP contribution in [0.15, 0.2) is 54.7 Å². The third-order valence-electron chi connectivity index (χ3n) is 5.88. The van der Waals surface area contributed by atoms with Crippen LogP contribution in [0.5, 0.6) is 0 Å². The van der Waals surface area contributed by atoms with Crippen LogP contribution in [-0.2, 0) is 27.8 Å². The number of aromatic amines is 1. The van der Waals surface area contributed by atoms with Gasteiger partial charge < -0.3 is 4.98 Å². The molecule has 1 aromatic heterocycles. The molecule has 1 aliphatic carbocycles. The second-order valence-corrected chi connectivity index (χ2v) is 10.1. The van der Waals surface area contributed by atoms with Gasteiger partial charge in [0, 0.05) is 30.2 Å². The summed E-state index contributed by atoms with van der Waals surface area (Å²) in [5.74, 6) is 4.37. The van der Waals surface area contributed by atoms with Gasteiger partial charge in [0.05, 0.1) is 11.7 Å². The number of rotatable bonds is 9. The Morgan fingerprint density at radius 2 is 1.91 bits per heavy atom.